The monoisotopic (exact) mass is 257 g/mol. The summed E-state index contributed by atoms with van der Waals surface area (Å²) in [5.74, 6) is 0.102. The molecule has 4 N–H and O–H groups in total. The molecule has 92 valence electrons. The quantitative estimate of drug-likeness (QED) is 0.418. The Morgan fingerprint density at radius 1 is 1.59 bits per heavy atom. The van der Waals surface area contributed by atoms with Gasteiger partial charge in [-0.3, -0.25) is 0 Å². The van der Waals surface area contributed by atoms with Gasteiger partial charge < -0.3 is 15.9 Å². The first-order chi connectivity index (χ1) is 8.06. The number of nitrogens with two attached hydrogens (primary N) is 1. The summed E-state index contributed by atoms with van der Waals surface area (Å²) in [6, 6.07) is 1.44. The Labute approximate surface area is 102 Å². The summed E-state index contributed by atoms with van der Waals surface area (Å²) in [6.45, 7) is 0.0859. The molecule has 0 saturated carbocycles. The second-order valence-corrected chi connectivity index (χ2v) is 3.82. The van der Waals surface area contributed by atoms with Gasteiger partial charge in [-0.15, -0.1) is 0 Å². The lowest BCUT2D eigenvalue weighted by atomic mass is 10.0. The van der Waals surface area contributed by atoms with Crippen LogP contribution in [0.5, 0.6) is 0 Å². The van der Waals surface area contributed by atoms with E-state index in [-0.39, 0.29) is 24.3 Å². The molecule has 1 aromatic heterocycles. The Morgan fingerprint density at radius 3 is 2.94 bits per heavy atom. The minimum atomic E-state index is -1.21. The van der Waals surface area contributed by atoms with Crippen molar-refractivity contribution in [3.63, 3.8) is 0 Å². The van der Waals surface area contributed by atoms with Crippen LogP contribution in [-0.2, 0) is 0 Å². The molecule has 2 atom stereocenters. The summed E-state index contributed by atoms with van der Waals surface area (Å²) in [6.07, 6.45) is -0.838. The Balaban J connectivity index is 2.76. The van der Waals surface area contributed by atoms with Gasteiger partial charge in [-0.2, -0.15) is 0 Å². The van der Waals surface area contributed by atoms with E-state index in [0.717, 1.165) is 0 Å². The molecule has 0 aliphatic rings. The van der Waals surface area contributed by atoms with E-state index in [1.165, 1.54) is 12.3 Å². The second kappa shape index (κ2) is 6.27. The van der Waals surface area contributed by atoms with Gasteiger partial charge in [0.15, 0.2) is 0 Å². The molecule has 0 aromatic carbocycles. The lowest BCUT2D eigenvalue weighted by Gasteiger charge is -2.18. The van der Waals surface area contributed by atoms with Crippen molar-refractivity contribution in [3.05, 3.63) is 33.3 Å². The number of anilines is 1. The Bertz CT molecular complexity index is 435. The van der Waals surface area contributed by atoms with Gasteiger partial charge in [-0.1, -0.05) is 16.7 Å². The van der Waals surface area contributed by atoms with Crippen molar-refractivity contribution < 1.29 is 10.2 Å². The highest BCUT2D eigenvalue weighted by Crippen LogP contribution is 2.25. The van der Waals surface area contributed by atoms with Crippen LogP contribution in [0.15, 0.2) is 17.4 Å². The number of aliphatic hydroxyl groups is 2. The van der Waals surface area contributed by atoms with Gasteiger partial charge in [0.1, 0.15) is 11.9 Å². The fourth-order valence-corrected chi connectivity index (χ4v) is 1.47. The summed E-state index contributed by atoms with van der Waals surface area (Å²) in [5.41, 5.74) is 13.9. The zero-order chi connectivity index (χ0) is 12.8. The number of pyridine rings is 1. The number of hydrogen-bond donors (Lipinski definition) is 3. The predicted molar refractivity (Wildman–Crippen MR) is 63.3 cm³/mol. The number of aromatic nitrogens is 1. The fourth-order valence-electron chi connectivity index (χ4n) is 1.30. The first-order valence-electron chi connectivity index (χ1n) is 4.84. The van der Waals surface area contributed by atoms with Gasteiger partial charge in [-0.25, -0.2) is 4.98 Å². The normalized spacial score (nSPS) is 13.8. The zero-order valence-electron chi connectivity index (χ0n) is 8.86. The maximum Gasteiger partial charge on any atom is 0.129 e. The highest BCUT2D eigenvalue weighted by atomic mass is 35.5. The van der Waals surface area contributed by atoms with Crippen LogP contribution >= 0.6 is 11.6 Å². The number of halogens is 1. The molecule has 17 heavy (non-hydrogen) atoms. The molecule has 0 aliphatic heterocycles. The molecule has 0 bridgehead atoms. The molecule has 7 nitrogen and oxygen atoms in total. The molecular formula is C9H12ClN5O2. The van der Waals surface area contributed by atoms with E-state index in [0.29, 0.717) is 5.02 Å². The number of aliphatic hydroxyl groups excluding tert-OH is 2. The third-order valence-electron chi connectivity index (χ3n) is 2.19. The number of rotatable bonds is 5. The van der Waals surface area contributed by atoms with Crippen molar-refractivity contribution in [1.29, 1.82) is 0 Å². The molecule has 0 fully saturated rings. The average Bonchev–Trinajstić information content (AvgIpc) is 2.31. The van der Waals surface area contributed by atoms with Gasteiger partial charge in [0.05, 0.1) is 11.1 Å². The van der Waals surface area contributed by atoms with Gasteiger partial charge in [0.2, 0.25) is 0 Å². The third kappa shape index (κ3) is 3.76. The van der Waals surface area contributed by atoms with E-state index in [2.05, 4.69) is 15.0 Å². The van der Waals surface area contributed by atoms with Crippen molar-refractivity contribution in [2.75, 3.05) is 12.3 Å². The number of azide groups is 1. The van der Waals surface area contributed by atoms with E-state index >= 15 is 0 Å². The van der Waals surface area contributed by atoms with E-state index in [1.54, 1.807) is 0 Å². The molecular weight excluding hydrogens is 246 g/mol. The third-order valence-corrected chi connectivity index (χ3v) is 2.39. The highest BCUT2D eigenvalue weighted by molar-refractivity contribution is 6.30. The maximum atomic E-state index is 9.83. The molecule has 0 radical (unpaired) electrons. The number of nitrogen functional groups attached to an aromatic ring is 1. The fraction of sp³-hybridized carbons (Fsp3) is 0.444. The Hall–Kier alpha value is -1.53. The lowest BCUT2D eigenvalue weighted by molar-refractivity contribution is 0.0153. The van der Waals surface area contributed by atoms with Crippen molar-refractivity contribution >= 4 is 17.4 Å². The maximum absolute atomic E-state index is 9.83. The molecule has 1 aromatic rings. The predicted octanol–water partition coefficient (Wildman–Crippen LogP) is 1.41. The number of nitrogens with zero attached hydrogens (tertiary/aromatic N) is 4. The standard InChI is InChI=1S/C9H12ClN5O2/c10-5-3-6(9(11)13-4-5)8(17)7(16)1-2-14-15-12/h3-4,7-8,16-17H,1-2H2,(H2,11,13). The molecule has 0 saturated heterocycles. The van der Waals surface area contributed by atoms with E-state index in [9.17, 15) is 10.2 Å². The smallest absolute Gasteiger partial charge is 0.129 e. The topological polar surface area (TPSA) is 128 Å². The molecule has 1 heterocycles. The van der Waals surface area contributed by atoms with E-state index < -0.39 is 12.2 Å². The van der Waals surface area contributed by atoms with Crippen molar-refractivity contribution in [2.45, 2.75) is 18.6 Å². The summed E-state index contributed by atoms with van der Waals surface area (Å²) < 4.78 is 0. The van der Waals surface area contributed by atoms with Gasteiger partial charge in [-0.05, 0) is 18.0 Å². The van der Waals surface area contributed by atoms with Crippen molar-refractivity contribution in [2.24, 2.45) is 5.11 Å². The summed E-state index contributed by atoms with van der Waals surface area (Å²) in [5, 5.41) is 23.1. The second-order valence-electron chi connectivity index (χ2n) is 3.38. The summed E-state index contributed by atoms with van der Waals surface area (Å²) in [4.78, 5) is 6.32. The minimum absolute atomic E-state index is 0.0859. The van der Waals surface area contributed by atoms with Gasteiger partial charge in [0, 0.05) is 23.2 Å². The Kier molecular flexibility index (Phi) is 4.99. The van der Waals surface area contributed by atoms with E-state index in [4.69, 9.17) is 22.9 Å². The first kappa shape index (κ1) is 13.5. The van der Waals surface area contributed by atoms with Gasteiger partial charge in [0.25, 0.3) is 0 Å². The van der Waals surface area contributed by atoms with Crippen LogP contribution in [0.1, 0.15) is 18.1 Å². The minimum Gasteiger partial charge on any atom is -0.390 e. The highest BCUT2D eigenvalue weighted by Gasteiger charge is 2.20. The van der Waals surface area contributed by atoms with Crippen LogP contribution in [0, 0.1) is 0 Å². The summed E-state index contributed by atoms with van der Waals surface area (Å²) in [7, 11) is 0. The van der Waals surface area contributed by atoms with Gasteiger partial charge >= 0.3 is 0 Å². The largest absolute Gasteiger partial charge is 0.390 e. The zero-order valence-corrected chi connectivity index (χ0v) is 9.62. The van der Waals surface area contributed by atoms with Crippen LogP contribution in [0.4, 0.5) is 5.82 Å². The molecule has 0 aliphatic carbocycles. The molecule has 8 heteroatoms. The lowest BCUT2D eigenvalue weighted by Crippen LogP contribution is -2.20. The van der Waals surface area contributed by atoms with Crippen LogP contribution in [0.2, 0.25) is 5.02 Å². The average molecular weight is 258 g/mol. The Morgan fingerprint density at radius 2 is 2.29 bits per heavy atom. The van der Waals surface area contributed by atoms with Crippen molar-refractivity contribution in [3.8, 4) is 0 Å². The van der Waals surface area contributed by atoms with Crippen LogP contribution < -0.4 is 5.73 Å². The van der Waals surface area contributed by atoms with Crippen LogP contribution in [0.3, 0.4) is 0 Å². The van der Waals surface area contributed by atoms with Crippen LogP contribution in [-0.4, -0.2) is 27.8 Å². The molecule has 2 unspecified atom stereocenters. The molecule has 0 spiro atoms. The summed E-state index contributed by atoms with van der Waals surface area (Å²) >= 11 is 5.72. The first-order valence-corrected chi connectivity index (χ1v) is 5.22. The van der Waals surface area contributed by atoms with E-state index in [1.807, 2.05) is 0 Å². The molecule has 1 rings (SSSR count). The van der Waals surface area contributed by atoms with Crippen molar-refractivity contribution in [1.82, 2.24) is 4.98 Å². The van der Waals surface area contributed by atoms with Crippen LogP contribution in [0.25, 0.3) is 10.4 Å². The SMILES string of the molecule is [N-]=[N+]=NCCC(O)C(O)c1cc(Cl)cnc1N. The molecule has 0 amide bonds. The number of hydrogen-bond acceptors (Lipinski definition) is 5.